The Morgan fingerprint density at radius 3 is 2.86 bits per heavy atom. The molecule has 1 amide bonds. The smallest absolute Gasteiger partial charge is 0.233 e. The van der Waals surface area contributed by atoms with E-state index in [4.69, 9.17) is 30.5 Å². The summed E-state index contributed by atoms with van der Waals surface area (Å²) < 4.78 is 22.0. The number of thioether (sulfide) groups is 1. The maximum absolute atomic E-state index is 12.6. The highest BCUT2D eigenvalue weighted by Crippen LogP contribution is 2.32. The van der Waals surface area contributed by atoms with Crippen LogP contribution in [0.2, 0.25) is 5.15 Å². The quantitative estimate of drug-likeness (QED) is 0.463. The number of morpholine rings is 1. The SMILES string of the molecule is COc1ccc(SCC(=O)N2CCOC(COc3cccnc3Cl)C2)cc1OC. The molecular weight excluding hydrogens is 416 g/mol. The van der Waals surface area contributed by atoms with Crippen LogP contribution in [0.15, 0.2) is 41.4 Å². The van der Waals surface area contributed by atoms with E-state index in [1.165, 1.54) is 11.8 Å². The van der Waals surface area contributed by atoms with Gasteiger partial charge >= 0.3 is 0 Å². The van der Waals surface area contributed by atoms with Gasteiger partial charge in [-0.15, -0.1) is 11.8 Å². The number of rotatable bonds is 8. The second kappa shape index (κ2) is 10.6. The normalized spacial score (nSPS) is 16.4. The van der Waals surface area contributed by atoms with Crippen molar-refractivity contribution in [1.29, 1.82) is 0 Å². The van der Waals surface area contributed by atoms with Crippen LogP contribution < -0.4 is 14.2 Å². The highest BCUT2D eigenvalue weighted by Gasteiger charge is 2.25. The highest BCUT2D eigenvalue weighted by atomic mass is 35.5. The van der Waals surface area contributed by atoms with Crippen LogP contribution >= 0.6 is 23.4 Å². The van der Waals surface area contributed by atoms with Crippen molar-refractivity contribution in [2.75, 3.05) is 46.3 Å². The molecule has 1 saturated heterocycles. The van der Waals surface area contributed by atoms with Crippen molar-refractivity contribution in [1.82, 2.24) is 9.88 Å². The van der Waals surface area contributed by atoms with Crippen LogP contribution in [0.25, 0.3) is 0 Å². The lowest BCUT2D eigenvalue weighted by Gasteiger charge is -2.32. The lowest BCUT2D eigenvalue weighted by molar-refractivity contribution is -0.137. The van der Waals surface area contributed by atoms with Gasteiger partial charge in [-0.05, 0) is 30.3 Å². The zero-order valence-corrected chi connectivity index (χ0v) is 17.9. The first-order valence-corrected chi connectivity index (χ1v) is 10.4. The Labute approximate surface area is 179 Å². The van der Waals surface area contributed by atoms with Crippen LogP contribution in [0.3, 0.4) is 0 Å². The summed E-state index contributed by atoms with van der Waals surface area (Å²) in [5.41, 5.74) is 0. The molecule has 1 fully saturated rings. The fourth-order valence-corrected chi connectivity index (χ4v) is 3.85. The maximum atomic E-state index is 12.6. The molecule has 1 aliphatic heterocycles. The molecule has 1 atom stereocenters. The summed E-state index contributed by atoms with van der Waals surface area (Å²) in [6.07, 6.45) is 1.39. The largest absolute Gasteiger partial charge is 0.493 e. The van der Waals surface area contributed by atoms with Gasteiger partial charge in [0, 0.05) is 17.6 Å². The first kappa shape index (κ1) is 21.5. The zero-order valence-electron chi connectivity index (χ0n) is 16.3. The molecule has 7 nitrogen and oxygen atoms in total. The monoisotopic (exact) mass is 438 g/mol. The fourth-order valence-electron chi connectivity index (χ4n) is 2.85. The molecular formula is C20H23ClN2O5S. The number of carbonyl (C=O) groups is 1. The molecule has 0 saturated carbocycles. The number of hydrogen-bond acceptors (Lipinski definition) is 7. The second-order valence-corrected chi connectivity index (χ2v) is 7.65. The van der Waals surface area contributed by atoms with Gasteiger partial charge in [0.2, 0.25) is 5.91 Å². The zero-order chi connectivity index (χ0) is 20.6. The van der Waals surface area contributed by atoms with E-state index in [9.17, 15) is 4.79 Å². The molecule has 156 valence electrons. The second-order valence-electron chi connectivity index (χ2n) is 6.24. The van der Waals surface area contributed by atoms with Crippen molar-refractivity contribution in [3.63, 3.8) is 0 Å². The van der Waals surface area contributed by atoms with E-state index in [1.807, 2.05) is 18.2 Å². The fraction of sp³-hybridized carbons (Fsp3) is 0.400. The van der Waals surface area contributed by atoms with E-state index in [1.54, 1.807) is 37.4 Å². The lowest BCUT2D eigenvalue weighted by atomic mass is 10.3. The van der Waals surface area contributed by atoms with Gasteiger partial charge in [0.1, 0.15) is 12.7 Å². The Hall–Kier alpha value is -2.16. The van der Waals surface area contributed by atoms with Crippen molar-refractivity contribution in [3.8, 4) is 17.2 Å². The molecule has 3 rings (SSSR count). The van der Waals surface area contributed by atoms with Gasteiger partial charge in [-0.3, -0.25) is 4.79 Å². The van der Waals surface area contributed by atoms with E-state index >= 15 is 0 Å². The van der Waals surface area contributed by atoms with Crippen molar-refractivity contribution in [2.24, 2.45) is 0 Å². The Balaban J connectivity index is 1.50. The number of methoxy groups -OCH3 is 2. The lowest BCUT2D eigenvalue weighted by Crippen LogP contribution is -2.48. The molecule has 1 aromatic carbocycles. The molecule has 2 heterocycles. The number of nitrogens with zero attached hydrogens (tertiary/aromatic N) is 2. The minimum atomic E-state index is -0.213. The first-order valence-electron chi connectivity index (χ1n) is 9.08. The molecule has 0 aliphatic carbocycles. The predicted octanol–water partition coefficient (Wildman–Crippen LogP) is 3.15. The van der Waals surface area contributed by atoms with E-state index in [0.717, 1.165) is 4.90 Å². The summed E-state index contributed by atoms with van der Waals surface area (Å²) in [4.78, 5) is 19.4. The molecule has 1 aromatic heterocycles. The topological polar surface area (TPSA) is 70.1 Å². The Morgan fingerprint density at radius 1 is 1.28 bits per heavy atom. The average Bonchev–Trinajstić information content (AvgIpc) is 2.76. The third kappa shape index (κ3) is 5.91. The van der Waals surface area contributed by atoms with Gasteiger partial charge in [-0.2, -0.15) is 0 Å². The minimum Gasteiger partial charge on any atom is -0.493 e. The molecule has 0 spiro atoms. The third-order valence-corrected chi connectivity index (χ3v) is 5.62. The Morgan fingerprint density at radius 2 is 2.10 bits per heavy atom. The molecule has 0 radical (unpaired) electrons. The van der Waals surface area contributed by atoms with Crippen LogP contribution in [-0.4, -0.2) is 68.2 Å². The minimum absolute atomic E-state index is 0.0532. The van der Waals surface area contributed by atoms with Crippen LogP contribution in [-0.2, 0) is 9.53 Å². The van der Waals surface area contributed by atoms with E-state index in [2.05, 4.69) is 4.98 Å². The van der Waals surface area contributed by atoms with Crippen molar-refractivity contribution in [3.05, 3.63) is 41.7 Å². The number of aromatic nitrogens is 1. The molecule has 0 N–H and O–H groups in total. The predicted molar refractivity (Wildman–Crippen MR) is 111 cm³/mol. The number of carbonyl (C=O) groups excluding carboxylic acids is 1. The highest BCUT2D eigenvalue weighted by molar-refractivity contribution is 8.00. The molecule has 1 unspecified atom stereocenters. The summed E-state index contributed by atoms with van der Waals surface area (Å²) in [6.45, 7) is 1.82. The summed E-state index contributed by atoms with van der Waals surface area (Å²) >= 11 is 7.46. The number of pyridine rings is 1. The van der Waals surface area contributed by atoms with Crippen molar-refractivity contribution in [2.45, 2.75) is 11.0 Å². The summed E-state index contributed by atoms with van der Waals surface area (Å²) in [5, 5.41) is 0.308. The van der Waals surface area contributed by atoms with Gasteiger partial charge < -0.3 is 23.8 Å². The van der Waals surface area contributed by atoms with E-state index < -0.39 is 0 Å². The van der Waals surface area contributed by atoms with Crippen LogP contribution in [0.5, 0.6) is 17.2 Å². The van der Waals surface area contributed by atoms with Gasteiger partial charge in [-0.25, -0.2) is 4.98 Å². The standard InChI is InChI=1S/C20H23ClN2O5S/c1-25-16-6-5-15(10-18(16)26-2)29-13-19(24)23-8-9-27-14(11-23)12-28-17-4-3-7-22-20(17)21/h3-7,10,14H,8-9,11-13H2,1-2H3. The third-order valence-electron chi connectivity index (χ3n) is 4.36. The number of ether oxygens (including phenoxy) is 4. The van der Waals surface area contributed by atoms with Crippen molar-refractivity contribution < 1.29 is 23.7 Å². The van der Waals surface area contributed by atoms with E-state index in [-0.39, 0.29) is 12.0 Å². The van der Waals surface area contributed by atoms with Crippen LogP contribution in [0, 0.1) is 0 Å². The Kier molecular flexibility index (Phi) is 7.85. The van der Waals surface area contributed by atoms with Gasteiger partial charge in [0.05, 0.1) is 33.1 Å². The summed E-state index contributed by atoms with van der Waals surface area (Å²) in [5.74, 6) is 2.19. The number of benzene rings is 1. The molecule has 1 aliphatic rings. The van der Waals surface area contributed by atoms with Crippen LogP contribution in [0.4, 0.5) is 0 Å². The molecule has 0 bridgehead atoms. The average molecular weight is 439 g/mol. The summed E-state index contributed by atoms with van der Waals surface area (Å²) in [7, 11) is 3.18. The Bertz CT molecular complexity index is 838. The van der Waals surface area contributed by atoms with E-state index in [0.29, 0.717) is 54.5 Å². The number of hydrogen-bond donors (Lipinski definition) is 0. The molecule has 2 aromatic rings. The number of amides is 1. The first-order chi connectivity index (χ1) is 14.1. The van der Waals surface area contributed by atoms with Gasteiger partial charge in [0.25, 0.3) is 0 Å². The van der Waals surface area contributed by atoms with Crippen LogP contribution in [0.1, 0.15) is 0 Å². The molecule has 29 heavy (non-hydrogen) atoms. The van der Waals surface area contributed by atoms with Crippen molar-refractivity contribution >= 4 is 29.3 Å². The van der Waals surface area contributed by atoms with Gasteiger partial charge in [-0.1, -0.05) is 11.6 Å². The summed E-state index contributed by atoms with van der Waals surface area (Å²) in [6, 6.07) is 9.11. The van der Waals surface area contributed by atoms with Gasteiger partial charge in [0.15, 0.2) is 22.4 Å². The number of halogens is 1. The molecule has 9 heteroatoms. The maximum Gasteiger partial charge on any atom is 0.233 e.